The van der Waals surface area contributed by atoms with Crippen molar-refractivity contribution in [2.75, 3.05) is 13.7 Å². The monoisotopic (exact) mass is 349 g/mol. The molecule has 1 N–H and O–H groups in total. The molecule has 0 atom stereocenters. The second-order valence-electron chi connectivity index (χ2n) is 5.65. The van der Waals surface area contributed by atoms with Crippen LogP contribution in [0.2, 0.25) is 0 Å². The highest BCUT2D eigenvalue weighted by atomic mass is 32.1. The molecule has 1 aromatic heterocycles. The average Bonchev–Trinajstić information content (AvgIpc) is 2.94. The Bertz CT molecular complexity index is 766. The van der Waals surface area contributed by atoms with Crippen molar-refractivity contribution >= 4 is 23.3 Å². The SMILES string of the molecule is COC(=O)c1cc(-c2nc(C)c(C(=O)O)s2)ccc1OCC(C)C. The van der Waals surface area contributed by atoms with E-state index in [1.54, 1.807) is 25.1 Å². The molecule has 0 radical (unpaired) electrons. The Morgan fingerprint density at radius 2 is 2.04 bits per heavy atom. The number of carbonyl (C=O) groups is 2. The van der Waals surface area contributed by atoms with E-state index in [2.05, 4.69) is 4.98 Å². The lowest BCUT2D eigenvalue weighted by atomic mass is 10.1. The van der Waals surface area contributed by atoms with Crippen molar-refractivity contribution in [3.63, 3.8) is 0 Å². The van der Waals surface area contributed by atoms with Crippen molar-refractivity contribution in [3.05, 3.63) is 34.3 Å². The number of ether oxygens (including phenoxy) is 2. The Hall–Kier alpha value is -2.41. The van der Waals surface area contributed by atoms with Gasteiger partial charge in [-0.25, -0.2) is 14.6 Å². The Morgan fingerprint density at radius 1 is 1.33 bits per heavy atom. The second kappa shape index (κ2) is 7.44. The maximum Gasteiger partial charge on any atom is 0.347 e. The van der Waals surface area contributed by atoms with Gasteiger partial charge in [0.15, 0.2) is 0 Å². The van der Waals surface area contributed by atoms with Gasteiger partial charge in [0.05, 0.1) is 19.4 Å². The first kappa shape index (κ1) is 17.9. The molecular weight excluding hydrogens is 330 g/mol. The zero-order chi connectivity index (χ0) is 17.9. The second-order valence-corrected chi connectivity index (χ2v) is 6.65. The Labute approximate surface area is 144 Å². The summed E-state index contributed by atoms with van der Waals surface area (Å²) in [6, 6.07) is 5.05. The Morgan fingerprint density at radius 3 is 2.58 bits per heavy atom. The largest absolute Gasteiger partial charge is 0.492 e. The number of carboxylic acid groups (broad SMARTS) is 1. The lowest BCUT2D eigenvalue weighted by Gasteiger charge is -2.13. The van der Waals surface area contributed by atoms with Crippen LogP contribution in [0.15, 0.2) is 18.2 Å². The molecule has 24 heavy (non-hydrogen) atoms. The first-order valence-corrected chi connectivity index (χ1v) is 8.21. The first-order chi connectivity index (χ1) is 11.3. The predicted molar refractivity (Wildman–Crippen MR) is 90.9 cm³/mol. The third kappa shape index (κ3) is 3.91. The fraction of sp³-hybridized carbons (Fsp3) is 0.353. The molecule has 0 unspecified atom stereocenters. The fourth-order valence-electron chi connectivity index (χ4n) is 2.03. The van der Waals surface area contributed by atoms with Gasteiger partial charge in [0.2, 0.25) is 0 Å². The molecule has 2 rings (SSSR count). The minimum atomic E-state index is -1.01. The quantitative estimate of drug-likeness (QED) is 0.801. The van der Waals surface area contributed by atoms with Crippen LogP contribution in [0.1, 0.15) is 39.6 Å². The summed E-state index contributed by atoms with van der Waals surface area (Å²) in [7, 11) is 1.30. The number of hydrogen-bond acceptors (Lipinski definition) is 6. The minimum Gasteiger partial charge on any atom is -0.492 e. The van der Waals surface area contributed by atoms with Crippen LogP contribution in [-0.4, -0.2) is 35.7 Å². The highest BCUT2D eigenvalue weighted by Gasteiger charge is 2.19. The van der Waals surface area contributed by atoms with E-state index in [9.17, 15) is 9.59 Å². The molecule has 0 saturated heterocycles. The normalized spacial score (nSPS) is 10.7. The number of hydrogen-bond donors (Lipinski definition) is 1. The van der Waals surface area contributed by atoms with E-state index in [-0.39, 0.29) is 4.88 Å². The summed E-state index contributed by atoms with van der Waals surface area (Å²) in [5, 5.41) is 9.68. The topological polar surface area (TPSA) is 85.7 Å². The standard InChI is InChI=1S/C17H19NO5S/c1-9(2)8-23-13-6-5-11(7-12(13)17(21)22-4)15-18-10(3)14(24-15)16(19)20/h5-7,9H,8H2,1-4H3,(H,19,20). The lowest BCUT2D eigenvalue weighted by Crippen LogP contribution is -2.10. The van der Waals surface area contributed by atoms with Gasteiger partial charge in [-0.3, -0.25) is 0 Å². The molecule has 1 heterocycles. The first-order valence-electron chi connectivity index (χ1n) is 7.39. The van der Waals surface area contributed by atoms with Crippen molar-refractivity contribution in [2.24, 2.45) is 5.92 Å². The maximum atomic E-state index is 12.0. The maximum absolute atomic E-state index is 12.0. The van der Waals surface area contributed by atoms with Gasteiger partial charge >= 0.3 is 11.9 Å². The number of methoxy groups -OCH3 is 1. The van der Waals surface area contributed by atoms with Gasteiger partial charge < -0.3 is 14.6 Å². The average molecular weight is 349 g/mol. The van der Waals surface area contributed by atoms with Crippen LogP contribution in [0.3, 0.4) is 0 Å². The lowest BCUT2D eigenvalue weighted by molar-refractivity contribution is 0.0594. The fourth-order valence-corrected chi connectivity index (χ4v) is 2.93. The Balaban J connectivity index is 2.43. The molecule has 0 aliphatic heterocycles. The molecule has 0 spiro atoms. The summed E-state index contributed by atoms with van der Waals surface area (Å²) in [5.41, 5.74) is 1.38. The van der Waals surface area contributed by atoms with Gasteiger partial charge in [-0.2, -0.15) is 0 Å². The summed E-state index contributed by atoms with van der Waals surface area (Å²) >= 11 is 1.07. The van der Waals surface area contributed by atoms with Crippen molar-refractivity contribution in [3.8, 4) is 16.3 Å². The van der Waals surface area contributed by atoms with Gasteiger partial charge in [0, 0.05) is 5.56 Å². The molecule has 0 aliphatic carbocycles. The van der Waals surface area contributed by atoms with Crippen LogP contribution in [-0.2, 0) is 4.74 Å². The van der Waals surface area contributed by atoms with Crippen LogP contribution in [0.5, 0.6) is 5.75 Å². The molecule has 0 saturated carbocycles. The number of aryl methyl sites for hydroxylation is 1. The molecule has 0 bridgehead atoms. The van der Waals surface area contributed by atoms with E-state index < -0.39 is 11.9 Å². The van der Waals surface area contributed by atoms with Crippen molar-refractivity contribution in [1.82, 2.24) is 4.98 Å². The predicted octanol–water partition coefficient (Wildman–Crippen LogP) is 3.64. The smallest absolute Gasteiger partial charge is 0.347 e. The third-order valence-corrected chi connectivity index (χ3v) is 4.39. The van der Waals surface area contributed by atoms with E-state index in [0.29, 0.717) is 40.1 Å². The summed E-state index contributed by atoms with van der Waals surface area (Å²) in [5.74, 6) is -0.774. The third-order valence-electron chi connectivity index (χ3n) is 3.19. The number of carboxylic acids is 1. The van der Waals surface area contributed by atoms with E-state index in [1.165, 1.54) is 7.11 Å². The number of carbonyl (C=O) groups excluding carboxylic acids is 1. The number of rotatable bonds is 6. The van der Waals surface area contributed by atoms with Crippen molar-refractivity contribution in [1.29, 1.82) is 0 Å². The summed E-state index contributed by atoms with van der Waals surface area (Å²) < 4.78 is 10.5. The zero-order valence-electron chi connectivity index (χ0n) is 14.0. The summed E-state index contributed by atoms with van der Waals surface area (Å²) in [4.78, 5) is 27.7. The molecule has 0 aliphatic rings. The van der Waals surface area contributed by atoms with Crippen LogP contribution < -0.4 is 4.74 Å². The molecule has 2 aromatic rings. The van der Waals surface area contributed by atoms with E-state index >= 15 is 0 Å². The van der Waals surface area contributed by atoms with E-state index in [0.717, 1.165) is 11.3 Å². The summed E-state index contributed by atoms with van der Waals surface area (Å²) in [6.45, 7) is 6.14. The number of benzene rings is 1. The number of nitrogens with zero attached hydrogens (tertiary/aromatic N) is 1. The van der Waals surface area contributed by atoms with Crippen LogP contribution in [0.4, 0.5) is 0 Å². The van der Waals surface area contributed by atoms with Crippen molar-refractivity contribution in [2.45, 2.75) is 20.8 Å². The molecule has 1 aromatic carbocycles. The van der Waals surface area contributed by atoms with Gasteiger partial charge in [0.1, 0.15) is 21.2 Å². The number of aromatic nitrogens is 1. The zero-order valence-corrected chi connectivity index (χ0v) is 14.8. The van der Waals surface area contributed by atoms with Gasteiger partial charge in [0.25, 0.3) is 0 Å². The Kier molecular flexibility index (Phi) is 5.56. The van der Waals surface area contributed by atoms with Crippen LogP contribution in [0, 0.1) is 12.8 Å². The van der Waals surface area contributed by atoms with Crippen LogP contribution in [0.25, 0.3) is 10.6 Å². The highest BCUT2D eigenvalue weighted by Crippen LogP contribution is 2.32. The van der Waals surface area contributed by atoms with Crippen LogP contribution >= 0.6 is 11.3 Å². The highest BCUT2D eigenvalue weighted by molar-refractivity contribution is 7.17. The molecular formula is C17H19NO5S. The minimum absolute atomic E-state index is 0.185. The van der Waals surface area contributed by atoms with E-state index in [4.69, 9.17) is 14.6 Å². The van der Waals surface area contributed by atoms with Gasteiger partial charge in [-0.15, -0.1) is 11.3 Å². The number of aromatic carboxylic acids is 1. The number of thiazole rings is 1. The molecule has 6 nitrogen and oxygen atoms in total. The number of esters is 1. The molecule has 0 fully saturated rings. The van der Waals surface area contributed by atoms with Crippen molar-refractivity contribution < 1.29 is 24.2 Å². The van der Waals surface area contributed by atoms with Gasteiger partial charge in [-0.1, -0.05) is 13.8 Å². The summed E-state index contributed by atoms with van der Waals surface area (Å²) in [6.07, 6.45) is 0. The molecule has 7 heteroatoms. The van der Waals surface area contributed by atoms with E-state index in [1.807, 2.05) is 13.8 Å². The molecule has 128 valence electrons. The molecule has 0 amide bonds. The van der Waals surface area contributed by atoms with Gasteiger partial charge in [-0.05, 0) is 31.0 Å².